The Hall–Kier alpha value is -2.32. The molecule has 2 N–H and O–H groups in total. The zero-order valence-electron chi connectivity index (χ0n) is 19.0. The topological polar surface area (TPSA) is 131 Å². The largest absolute Gasteiger partial charge is 0.460 e. The second-order valence-corrected chi connectivity index (χ2v) is 11.3. The summed E-state index contributed by atoms with van der Waals surface area (Å²) >= 11 is 0. The number of rotatable bonds is 9. The SMILES string of the molecule is CC(C)(C)C(=O)OCP(COCCc1cnn2c(N)ncnc12)COC(=O)C(C)(C)C. The molecule has 0 saturated heterocycles. The third-order valence-electron chi connectivity index (χ3n) is 4.17. The molecule has 0 bridgehead atoms. The van der Waals surface area contributed by atoms with Crippen molar-refractivity contribution in [3.8, 4) is 0 Å². The van der Waals surface area contributed by atoms with E-state index >= 15 is 0 Å². The Labute approximate surface area is 183 Å². The van der Waals surface area contributed by atoms with Crippen molar-refractivity contribution in [1.29, 1.82) is 0 Å². The predicted octanol–water partition coefficient (Wildman–Crippen LogP) is 2.80. The summed E-state index contributed by atoms with van der Waals surface area (Å²) in [5.41, 5.74) is 6.10. The number of carbonyl (C=O) groups is 2. The van der Waals surface area contributed by atoms with E-state index in [1.807, 2.05) is 0 Å². The molecule has 0 unspecified atom stereocenters. The molecule has 0 aromatic carbocycles. The van der Waals surface area contributed by atoms with Gasteiger partial charge in [-0.2, -0.15) is 9.61 Å². The van der Waals surface area contributed by atoms with E-state index in [1.54, 1.807) is 47.7 Å². The van der Waals surface area contributed by atoms with Gasteiger partial charge in [-0.05, 0) is 41.5 Å². The number of esters is 2. The molecule has 0 saturated carbocycles. The van der Waals surface area contributed by atoms with E-state index in [9.17, 15) is 9.59 Å². The summed E-state index contributed by atoms with van der Waals surface area (Å²) < 4.78 is 18.2. The Morgan fingerprint density at radius 3 is 2.13 bits per heavy atom. The second kappa shape index (κ2) is 10.3. The molecule has 0 aliphatic rings. The van der Waals surface area contributed by atoms with Crippen LogP contribution in [0.25, 0.3) is 5.65 Å². The lowest BCUT2D eigenvalue weighted by Crippen LogP contribution is -2.25. The molecule has 0 spiro atoms. The number of nitrogens with zero attached hydrogens (tertiary/aromatic N) is 4. The molecule has 10 nitrogen and oxygen atoms in total. The minimum Gasteiger partial charge on any atom is -0.460 e. The van der Waals surface area contributed by atoms with E-state index in [2.05, 4.69) is 15.1 Å². The molecule has 0 radical (unpaired) electrons. The minimum absolute atomic E-state index is 0.170. The van der Waals surface area contributed by atoms with Crippen molar-refractivity contribution < 1.29 is 23.8 Å². The summed E-state index contributed by atoms with van der Waals surface area (Å²) in [5.74, 6) is -0.335. The quantitative estimate of drug-likeness (QED) is 0.346. The van der Waals surface area contributed by atoms with Crippen LogP contribution in [-0.2, 0) is 30.2 Å². The highest BCUT2D eigenvalue weighted by Gasteiger charge is 2.27. The second-order valence-electron chi connectivity index (χ2n) is 9.22. The van der Waals surface area contributed by atoms with Crippen molar-refractivity contribution in [1.82, 2.24) is 19.6 Å². The molecule has 0 aliphatic heterocycles. The maximum Gasteiger partial charge on any atom is 0.311 e. The number of nitrogens with two attached hydrogens (primary N) is 1. The molecule has 0 amide bonds. The fourth-order valence-electron chi connectivity index (χ4n) is 2.28. The van der Waals surface area contributed by atoms with Crippen molar-refractivity contribution in [3.05, 3.63) is 18.1 Å². The molecule has 31 heavy (non-hydrogen) atoms. The first-order valence-electron chi connectivity index (χ1n) is 9.97. The van der Waals surface area contributed by atoms with Gasteiger partial charge in [-0.3, -0.25) is 9.59 Å². The highest BCUT2D eigenvalue weighted by atomic mass is 31.1. The van der Waals surface area contributed by atoms with Crippen LogP contribution in [0.4, 0.5) is 5.95 Å². The number of fused-ring (bicyclic) bond motifs is 1. The number of ether oxygens (including phenoxy) is 3. The van der Waals surface area contributed by atoms with Crippen molar-refractivity contribution in [2.75, 3.05) is 31.4 Å². The van der Waals surface area contributed by atoms with Crippen LogP contribution in [0, 0.1) is 10.8 Å². The maximum atomic E-state index is 12.1. The predicted molar refractivity (Wildman–Crippen MR) is 117 cm³/mol. The molecule has 0 atom stereocenters. The first-order chi connectivity index (χ1) is 14.4. The number of hydrogen-bond donors (Lipinski definition) is 1. The Balaban J connectivity index is 1.90. The molecule has 2 heterocycles. The van der Waals surface area contributed by atoms with Crippen LogP contribution in [0.3, 0.4) is 0 Å². The summed E-state index contributed by atoms with van der Waals surface area (Å²) in [7, 11) is -1.00. The van der Waals surface area contributed by atoms with E-state index in [1.165, 1.54) is 10.8 Å². The average molecular weight is 453 g/mol. The normalized spacial score (nSPS) is 12.4. The molecule has 2 aromatic heterocycles. The van der Waals surface area contributed by atoms with Gasteiger partial charge in [0, 0.05) is 19.9 Å². The van der Waals surface area contributed by atoms with Crippen LogP contribution in [0.15, 0.2) is 12.5 Å². The van der Waals surface area contributed by atoms with Gasteiger partial charge in [0.15, 0.2) is 5.65 Å². The van der Waals surface area contributed by atoms with Crippen LogP contribution in [0.2, 0.25) is 0 Å². The average Bonchev–Trinajstić information content (AvgIpc) is 3.09. The van der Waals surface area contributed by atoms with Crippen molar-refractivity contribution in [2.45, 2.75) is 48.0 Å². The van der Waals surface area contributed by atoms with E-state index in [0.717, 1.165) is 5.56 Å². The van der Waals surface area contributed by atoms with Crippen molar-refractivity contribution >= 4 is 31.5 Å². The van der Waals surface area contributed by atoms with Crippen molar-refractivity contribution in [2.24, 2.45) is 10.8 Å². The lowest BCUT2D eigenvalue weighted by atomic mass is 9.98. The van der Waals surface area contributed by atoms with Gasteiger partial charge >= 0.3 is 11.9 Å². The number of aromatic nitrogens is 4. The zero-order chi connectivity index (χ0) is 23.2. The summed E-state index contributed by atoms with van der Waals surface area (Å²) in [6, 6.07) is 0. The minimum atomic E-state index is -1.00. The summed E-state index contributed by atoms with van der Waals surface area (Å²) in [4.78, 5) is 32.3. The molecule has 0 aliphatic carbocycles. The molecular formula is C20H32N5O5P. The van der Waals surface area contributed by atoms with E-state index in [0.29, 0.717) is 25.0 Å². The molecular weight excluding hydrogens is 421 g/mol. The molecule has 2 aromatic rings. The van der Waals surface area contributed by atoms with Gasteiger partial charge in [-0.15, -0.1) is 0 Å². The van der Waals surface area contributed by atoms with Gasteiger partial charge < -0.3 is 19.9 Å². The monoisotopic (exact) mass is 453 g/mol. The van der Waals surface area contributed by atoms with Crippen LogP contribution < -0.4 is 5.73 Å². The third-order valence-corrected chi connectivity index (χ3v) is 5.71. The van der Waals surface area contributed by atoms with Crippen LogP contribution in [-0.4, -0.2) is 57.2 Å². The Morgan fingerprint density at radius 1 is 1.00 bits per heavy atom. The van der Waals surface area contributed by atoms with Gasteiger partial charge in [-0.25, -0.2) is 9.97 Å². The zero-order valence-corrected chi connectivity index (χ0v) is 19.9. The Morgan fingerprint density at radius 2 is 1.58 bits per heavy atom. The van der Waals surface area contributed by atoms with Crippen molar-refractivity contribution in [3.63, 3.8) is 0 Å². The van der Waals surface area contributed by atoms with Crippen LogP contribution in [0.1, 0.15) is 47.1 Å². The molecule has 172 valence electrons. The fourth-order valence-corrected chi connectivity index (χ4v) is 3.49. The van der Waals surface area contributed by atoms with Crippen LogP contribution in [0.5, 0.6) is 0 Å². The first-order valence-corrected chi connectivity index (χ1v) is 11.9. The van der Waals surface area contributed by atoms with E-state index in [4.69, 9.17) is 19.9 Å². The highest BCUT2D eigenvalue weighted by Crippen LogP contribution is 2.37. The Kier molecular flexibility index (Phi) is 8.31. The smallest absolute Gasteiger partial charge is 0.311 e. The third kappa shape index (κ3) is 7.40. The number of carbonyl (C=O) groups excluding carboxylic acids is 2. The van der Waals surface area contributed by atoms with Gasteiger partial charge in [0.25, 0.3) is 0 Å². The first kappa shape index (κ1) is 24.9. The number of nitrogen functional groups attached to an aromatic ring is 1. The van der Waals surface area contributed by atoms with E-state index in [-0.39, 0.29) is 30.6 Å². The van der Waals surface area contributed by atoms with Gasteiger partial charge in [0.1, 0.15) is 19.0 Å². The summed E-state index contributed by atoms with van der Waals surface area (Å²) in [5, 5.41) is 4.18. The molecule has 11 heteroatoms. The van der Waals surface area contributed by atoms with Crippen LogP contribution >= 0.6 is 7.92 Å². The standard InChI is InChI=1S/C20H32N5O5P/c1-19(2,3)16(26)29-12-31(13-30-17(27)20(4,5)6)11-28-8-7-14-9-24-25-15(14)22-10-23-18(25)21/h9-10H,7-8,11-13H2,1-6H3,(H2,21,22,23). The lowest BCUT2D eigenvalue weighted by molar-refractivity contribution is -0.151. The summed E-state index contributed by atoms with van der Waals surface area (Å²) in [6.45, 7) is 11.2. The lowest BCUT2D eigenvalue weighted by Gasteiger charge is -2.23. The molecule has 2 rings (SSSR count). The van der Waals surface area contributed by atoms with Gasteiger partial charge in [-0.1, -0.05) is 0 Å². The maximum absolute atomic E-state index is 12.1. The summed E-state index contributed by atoms with van der Waals surface area (Å²) in [6.07, 6.45) is 4.33. The molecule has 0 fully saturated rings. The highest BCUT2D eigenvalue weighted by molar-refractivity contribution is 7.57. The number of hydrogen-bond acceptors (Lipinski definition) is 9. The Bertz CT molecular complexity index is 873. The van der Waals surface area contributed by atoms with Gasteiger partial charge in [0.2, 0.25) is 5.95 Å². The number of anilines is 1. The van der Waals surface area contributed by atoms with Gasteiger partial charge in [0.05, 0.1) is 30.0 Å². The fraction of sp³-hybridized carbons (Fsp3) is 0.650. The van der Waals surface area contributed by atoms with E-state index < -0.39 is 18.8 Å².